The van der Waals surface area contributed by atoms with Gasteiger partial charge in [0.25, 0.3) is 5.91 Å². The summed E-state index contributed by atoms with van der Waals surface area (Å²) < 4.78 is 6.33. The molecule has 0 N–H and O–H groups in total. The minimum atomic E-state index is -0.142. The Morgan fingerprint density at radius 2 is 2.23 bits per heavy atom. The van der Waals surface area contributed by atoms with Gasteiger partial charge in [0, 0.05) is 17.3 Å². The molecule has 0 spiro atoms. The maximum absolute atomic E-state index is 12.2. The third-order valence-corrected chi connectivity index (χ3v) is 5.51. The lowest BCUT2D eigenvalue weighted by molar-refractivity contribution is -0.128. The van der Waals surface area contributed by atoms with Gasteiger partial charge in [-0.05, 0) is 30.0 Å². The Labute approximate surface area is 150 Å². The number of amides is 1. The number of thiocarbonyl (C=S) groups is 1. The van der Waals surface area contributed by atoms with Gasteiger partial charge in [-0.25, -0.2) is 0 Å². The molecule has 1 aliphatic heterocycles. The molecule has 1 saturated heterocycles. The van der Waals surface area contributed by atoms with E-state index in [0.717, 1.165) is 17.7 Å². The lowest BCUT2D eigenvalue weighted by Gasteiger charge is -2.19. The van der Waals surface area contributed by atoms with Gasteiger partial charge in [-0.3, -0.25) is 9.69 Å². The number of nitrogens with zero attached hydrogens (tertiary/aromatic N) is 1. The van der Waals surface area contributed by atoms with Crippen LogP contribution in [-0.2, 0) is 4.79 Å². The summed E-state index contributed by atoms with van der Waals surface area (Å²) >= 11 is 19.0. The first-order valence-electron chi connectivity index (χ1n) is 7.02. The Bertz CT molecular complexity index is 595. The van der Waals surface area contributed by atoms with Crippen LogP contribution in [0.25, 0.3) is 0 Å². The number of carbonyl (C=O) groups excluding carboxylic acids is 1. The summed E-state index contributed by atoms with van der Waals surface area (Å²) in [7, 11) is 0. The predicted molar refractivity (Wildman–Crippen MR) is 97.4 cm³/mol. The molecule has 0 bridgehead atoms. The summed E-state index contributed by atoms with van der Waals surface area (Å²) in [5.41, 5.74) is 0.922. The van der Waals surface area contributed by atoms with E-state index in [9.17, 15) is 4.79 Å². The molecule has 1 unspecified atom stereocenters. The van der Waals surface area contributed by atoms with Gasteiger partial charge >= 0.3 is 0 Å². The summed E-state index contributed by atoms with van der Waals surface area (Å²) in [5, 5.41) is 0.991. The van der Waals surface area contributed by atoms with E-state index in [1.54, 1.807) is 11.0 Å². The molecule has 1 aliphatic rings. The average molecular weight is 378 g/mol. The van der Waals surface area contributed by atoms with E-state index in [-0.39, 0.29) is 18.4 Å². The fourth-order valence-corrected chi connectivity index (χ4v) is 3.95. The Balaban J connectivity index is 2.15. The molecular formula is C15H17Cl2NO2S2. The molecule has 1 fully saturated rings. The third kappa shape index (κ3) is 4.07. The number of benzene rings is 1. The Morgan fingerprint density at radius 3 is 2.82 bits per heavy atom. The summed E-state index contributed by atoms with van der Waals surface area (Å²) in [6, 6.07) is 3.48. The molecule has 1 atom stereocenters. The number of hydrogen-bond donors (Lipinski definition) is 0. The molecular weight excluding hydrogens is 361 g/mol. The van der Waals surface area contributed by atoms with Crippen LogP contribution in [0, 0.1) is 0 Å². The SMILES string of the molecule is CCC(C)c1cc(Cl)cc(Cl)c1OCC(=O)N1CCSC1=S. The molecule has 0 radical (unpaired) electrons. The van der Waals surface area contributed by atoms with Crippen molar-refractivity contribution < 1.29 is 9.53 Å². The van der Waals surface area contributed by atoms with E-state index in [0.29, 0.717) is 26.7 Å². The van der Waals surface area contributed by atoms with Crippen molar-refractivity contribution in [2.75, 3.05) is 18.9 Å². The molecule has 2 rings (SSSR count). The molecule has 7 heteroatoms. The van der Waals surface area contributed by atoms with Crippen LogP contribution in [0.4, 0.5) is 0 Å². The number of thioether (sulfide) groups is 1. The molecule has 1 aromatic rings. The zero-order valence-electron chi connectivity index (χ0n) is 12.4. The second kappa shape index (κ2) is 7.86. The van der Waals surface area contributed by atoms with E-state index in [2.05, 4.69) is 13.8 Å². The van der Waals surface area contributed by atoms with E-state index < -0.39 is 0 Å². The molecule has 120 valence electrons. The number of halogens is 2. The highest BCUT2D eigenvalue weighted by atomic mass is 35.5. The van der Waals surface area contributed by atoms with E-state index in [1.165, 1.54) is 11.8 Å². The molecule has 0 aliphatic carbocycles. The summed E-state index contributed by atoms with van der Waals surface area (Å²) in [4.78, 5) is 13.8. The van der Waals surface area contributed by atoms with Gasteiger partial charge in [-0.15, -0.1) is 0 Å². The lowest BCUT2D eigenvalue weighted by atomic mass is 9.98. The van der Waals surface area contributed by atoms with E-state index >= 15 is 0 Å². The van der Waals surface area contributed by atoms with Crippen molar-refractivity contribution in [1.29, 1.82) is 0 Å². The first-order chi connectivity index (χ1) is 10.4. The molecule has 3 nitrogen and oxygen atoms in total. The number of carbonyl (C=O) groups is 1. The number of hydrogen-bond acceptors (Lipinski definition) is 4. The normalized spacial score (nSPS) is 16.0. The minimum Gasteiger partial charge on any atom is -0.482 e. The van der Waals surface area contributed by atoms with Crippen LogP contribution < -0.4 is 4.74 Å². The fourth-order valence-electron chi connectivity index (χ4n) is 2.15. The standard InChI is InChI=1S/C15H17Cl2NO2S2/c1-3-9(2)11-6-10(16)7-12(17)14(11)20-8-13(19)18-4-5-22-15(18)21/h6-7,9H,3-5,8H2,1-2H3. The molecule has 22 heavy (non-hydrogen) atoms. The van der Waals surface area contributed by atoms with Gasteiger partial charge in [-0.2, -0.15) is 0 Å². The summed E-state index contributed by atoms with van der Waals surface area (Å²) in [5.74, 6) is 1.47. The fraction of sp³-hybridized carbons (Fsp3) is 0.467. The highest BCUT2D eigenvalue weighted by Crippen LogP contribution is 2.37. The van der Waals surface area contributed by atoms with Crippen molar-refractivity contribution in [1.82, 2.24) is 4.90 Å². The zero-order valence-corrected chi connectivity index (χ0v) is 15.5. The first kappa shape index (κ1) is 17.9. The summed E-state index contributed by atoms with van der Waals surface area (Å²) in [6.07, 6.45) is 0.924. The van der Waals surface area contributed by atoms with Crippen molar-refractivity contribution in [2.45, 2.75) is 26.2 Å². The van der Waals surface area contributed by atoms with Gasteiger partial charge in [0.1, 0.15) is 10.1 Å². The largest absolute Gasteiger partial charge is 0.482 e. The van der Waals surface area contributed by atoms with Crippen LogP contribution in [0.15, 0.2) is 12.1 Å². The second-order valence-electron chi connectivity index (χ2n) is 5.06. The topological polar surface area (TPSA) is 29.5 Å². The van der Waals surface area contributed by atoms with Gasteiger partial charge in [0.2, 0.25) is 0 Å². The third-order valence-electron chi connectivity index (χ3n) is 3.58. The number of ether oxygens (including phenoxy) is 1. The monoisotopic (exact) mass is 377 g/mol. The van der Waals surface area contributed by atoms with Crippen LogP contribution in [0.3, 0.4) is 0 Å². The maximum Gasteiger partial charge on any atom is 0.265 e. The number of rotatable bonds is 5. The van der Waals surface area contributed by atoms with Gasteiger partial charge in [-0.1, -0.05) is 61.0 Å². The highest BCUT2D eigenvalue weighted by molar-refractivity contribution is 8.23. The van der Waals surface area contributed by atoms with Crippen LogP contribution in [-0.4, -0.2) is 34.0 Å². The second-order valence-corrected chi connectivity index (χ2v) is 7.64. The minimum absolute atomic E-state index is 0.0779. The van der Waals surface area contributed by atoms with Crippen molar-refractivity contribution in [3.05, 3.63) is 27.7 Å². The molecule has 0 saturated carbocycles. The maximum atomic E-state index is 12.2. The molecule has 0 aromatic heterocycles. The van der Waals surface area contributed by atoms with Gasteiger partial charge in [0.15, 0.2) is 6.61 Å². The molecule has 1 aromatic carbocycles. The Hall–Kier alpha value is -0.490. The van der Waals surface area contributed by atoms with Crippen LogP contribution >= 0.6 is 47.2 Å². The molecule has 1 heterocycles. The van der Waals surface area contributed by atoms with Gasteiger partial charge in [0.05, 0.1) is 5.02 Å². The van der Waals surface area contributed by atoms with Crippen molar-refractivity contribution >= 4 is 57.4 Å². The lowest BCUT2D eigenvalue weighted by Crippen LogP contribution is -2.34. The van der Waals surface area contributed by atoms with Crippen LogP contribution in [0.1, 0.15) is 31.7 Å². The molecule has 1 amide bonds. The van der Waals surface area contributed by atoms with Crippen molar-refractivity contribution in [3.8, 4) is 5.75 Å². The first-order valence-corrected chi connectivity index (χ1v) is 9.17. The Morgan fingerprint density at radius 1 is 1.50 bits per heavy atom. The van der Waals surface area contributed by atoms with Gasteiger partial charge < -0.3 is 4.74 Å². The highest BCUT2D eigenvalue weighted by Gasteiger charge is 2.25. The van der Waals surface area contributed by atoms with Crippen LogP contribution in [0.2, 0.25) is 10.0 Å². The predicted octanol–water partition coefficient (Wildman–Crippen LogP) is 4.75. The smallest absolute Gasteiger partial charge is 0.265 e. The summed E-state index contributed by atoms with van der Waals surface area (Å²) in [6.45, 7) is 4.71. The average Bonchev–Trinajstić information content (AvgIpc) is 2.90. The van der Waals surface area contributed by atoms with E-state index in [4.69, 9.17) is 40.2 Å². The van der Waals surface area contributed by atoms with Crippen molar-refractivity contribution in [2.24, 2.45) is 0 Å². The Kier molecular flexibility index (Phi) is 6.38. The quantitative estimate of drug-likeness (QED) is 0.692. The zero-order chi connectivity index (χ0) is 16.3. The van der Waals surface area contributed by atoms with Crippen LogP contribution in [0.5, 0.6) is 5.75 Å². The van der Waals surface area contributed by atoms with E-state index in [1.807, 2.05) is 6.07 Å². The van der Waals surface area contributed by atoms with Crippen molar-refractivity contribution in [3.63, 3.8) is 0 Å².